The predicted octanol–water partition coefficient (Wildman–Crippen LogP) is 5.93. The van der Waals surface area contributed by atoms with Crippen molar-refractivity contribution in [2.75, 3.05) is 7.05 Å². The third-order valence-electron chi connectivity index (χ3n) is 4.85. The van der Waals surface area contributed by atoms with Gasteiger partial charge in [-0.1, -0.05) is 12.1 Å². The van der Waals surface area contributed by atoms with Gasteiger partial charge in [-0.15, -0.1) is 0 Å². The van der Waals surface area contributed by atoms with Crippen LogP contribution in [0, 0.1) is 0 Å². The van der Waals surface area contributed by atoms with Crippen LogP contribution in [0.1, 0.15) is 60.5 Å². The smallest absolute Gasteiger partial charge is 0.426 e. The van der Waals surface area contributed by atoms with Crippen molar-refractivity contribution in [2.24, 2.45) is 0 Å². The van der Waals surface area contributed by atoms with Gasteiger partial charge in [-0.3, -0.25) is 0 Å². The number of carbonyl (C=O) groups excluding carboxylic acids is 1. The summed E-state index contributed by atoms with van der Waals surface area (Å²) in [5.41, 5.74) is 0.317. The molecular weight excluding hydrogens is 455 g/mol. The van der Waals surface area contributed by atoms with Gasteiger partial charge in [-0.25, -0.2) is 9.10 Å². The van der Waals surface area contributed by atoms with E-state index in [0.717, 1.165) is 18.4 Å². The van der Waals surface area contributed by atoms with E-state index < -0.39 is 18.3 Å². The van der Waals surface area contributed by atoms with E-state index in [1.807, 2.05) is 64.7 Å². The summed E-state index contributed by atoms with van der Waals surface area (Å²) in [6.45, 7) is 11.3. The van der Waals surface area contributed by atoms with Gasteiger partial charge in [0.15, 0.2) is 11.5 Å². The van der Waals surface area contributed by atoms with Gasteiger partial charge in [0, 0.05) is 31.5 Å². The van der Waals surface area contributed by atoms with E-state index in [4.69, 9.17) is 30.3 Å². The maximum atomic E-state index is 12.9. The van der Waals surface area contributed by atoms with Gasteiger partial charge < -0.3 is 18.5 Å². The molecule has 0 aliphatic carbocycles. The quantitative estimate of drug-likeness (QED) is 0.373. The number of amides is 1. The molecule has 0 spiro atoms. The minimum atomic E-state index is -2.81. The Bertz CT molecular complexity index is 893. The molecule has 174 valence electrons. The molecule has 2 atom stereocenters. The summed E-state index contributed by atoms with van der Waals surface area (Å²) in [6, 6.07) is 5.59. The first kappa shape index (κ1) is 24.8. The van der Waals surface area contributed by atoms with Crippen molar-refractivity contribution in [1.29, 1.82) is 0 Å². The lowest BCUT2D eigenvalue weighted by Gasteiger charge is -2.46. The van der Waals surface area contributed by atoms with Gasteiger partial charge in [0.1, 0.15) is 5.60 Å². The van der Waals surface area contributed by atoms with Crippen molar-refractivity contribution < 1.29 is 23.3 Å². The van der Waals surface area contributed by atoms with Crippen LogP contribution in [0.4, 0.5) is 4.79 Å². The van der Waals surface area contributed by atoms with Crippen LogP contribution in [0.3, 0.4) is 0 Å². The third kappa shape index (κ3) is 5.75. The zero-order chi connectivity index (χ0) is 23.2. The molecule has 0 radical (unpaired) electrons. The molecule has 2 unspecified atom stereocenters. The molecule has 10 heteroatoms. The Kier molecular flexibility index (Phi) is 7.07. The van der Waals surface area contributed by atoms with Crippen LogP contribution in [-0.2, 0) is 27.3 Å². The van der Waals surface area contributed by atoms with E-state index in [1.54, 1.807) is 13.1 Å². The number of carbonyl (C=O) groups is 1. The molecule has 1 aromatic carbocycles. The van der Waals surface area contributed by atoms with Crippen molar-refractivity contribution in [3.05, 3.63) is 23.8 Å². The molecule has 7 nitrogen and oxygen atoms in total. The second-order valence-electron chi connectivity index (χ2n) is 9.57. The highest BCUT2D eigenvalue weighted by Gasteiger charge is 2.45. The molecule has 1 saturated heterocycles. The Hall–Kier alpha value is -0.830. The van der Waals surface area contributed by atoms with Gasteiger partial charge >= 0.3 is 6.09 Å². The first-order valence-corrected chi connectivity index (χ1v) is 13.8. The van der Waals surface area contributed by atoms with Gasteiger partial charge in [0.25, 0.3) is 6.64 Å². The fourth-order valence-corrected chi connectivity index (χ4v) is 9.16. The molecule has 0 aromatic heterocycles. The highest BCUT2D eigenvalue weighted by atomic mass is 32.5. The number of para-hydroxylation sites is 1. The molecule has 2 heterocycles. The van der Waals surface area contributed by atoms with Crippen molar-refractivity contribution >= 4 is 36.7 Å². The van der Waals surface area contributed by atoms with Crippen molar-refractivity contribution in [3.8, 4) is 11.5 Å². The molecule has 2 aliphatic rings. The van der Waals surface area contributed by atoms with E-state index >= 15 is 0 Å². The van der Waals surface area contributed by atoms with Crippen molar-refractivity contribution in [2.45, 2.75) is 84.7 Å². The minimum absolute atomic E-state index is 0.0164. The van der Waals surface area contributed by atoms with Gasteiger partial charge in [0.2, 0.25) is 0 Å². The molecule has 0 saturated carbocycles. The molecule has 2 aliphatic heterocycles. The van der Waals surface area contributed by atoms with Crippen LogP contribution in [0.15, 0.2) is 18.2 Å². The van der Waals surface area contributed by atoms with Crippen molar-refractivity contribution in [1.82, 2.24) is 8.38 Å². The molecule has 3 rings (SSSR count). The fourth-order valence-electron chi connectivity index (χ4n) is 3.82. The normalized spacial score (nSPS) is 26.5. The Morgan fingerprint density at radius 1 is 1.29 bits per heavy atom. The Balaban J connectivity index is 1.74. The average Bonchev–Trinajstić information content (AvgIpc) is 2.91. The van der Waals surface area contributed by atoms with Crippen LogP contribution in [0.25, 0.3) is 0 Å². The fraction of sp³-hybridized carbons (Fsp3) is 0.667. The molecule has 0 bridgehead atoms. The van der Waals surface area contributed by atoms with Crippen molar-refractivity contribution in [3.63, 3.8) is 0 Å². The summed E-state index contributed by atoms with van der Waals surface area (Å²) in [5.74, 6) is 1.04. The van der Waals surface area contributed by atoms with E-state index in [1.165, 1.54) is 16.4 Å². The first-order valence-electron chi connectivity index (χ1n) is 10.4. The monoisotopic (exact) mass is 488 g/mol. The molecule has 0 N–H and O–H groups in total. The zero-order valence-electron chi connectivity index (χ0n) is 19.5. The summed E-state index contributed by atoms with van der Waals surface area (Å²) < 4.78 is 27.3. The second-order valence-corrected chi connectivity index (χ2v) is 14.1. The molecule has 1 amide bonds. The number of nitrogens with zero attached hydrogens (tertiary/aromatic N) is 2. The van der Waals surface area contributed by atoms with E-state index in [-0.39, 0.29) is 17.7 Å². The second kappa shape index (κ2) is 8.84. The largest absolute Gasteiger partial charge is 0.483 e. The number of rotatable bonds is 5. The third-order valence-corrected chi connectivity index (χ3v) is 10.3. The Morgan fingerprint density at radius 3 is 2.58 bits per heavy atom. The van der Waals surface area contributed by atoms with E-state index in [0.29, 0.717) is 11.5 Å². The van der Waals surface area contributed by atoms with E-state index in [2.05, 4.69) is 0 Å². The standard InChI is InChI=1S/C21H33N2O5PS2/c1-14(2)23(29(30)27-15(3)12-21(6,7)28-29)31-22(8)19(24)25-17-11-9-10-16-13-20(4,5)26-18(16)17/h9-11,14-15H,12-13H2,1-8H3. The molecule has 1 fully saturated rings. The van der Waals surface area contributed by atoms with Crippen LogP contribution < -0.4 is 9.47 Å². The minimum Gasteiger partial charge on any atom is -0.483 e. The summed E-state index contributed by atoms with van der Waals surface area (Å²) in [6.07, 6.45) is 0.977. The lowest BCUT2D eigenvalue weighted by molar-refractivity contribution is -0.00666. The van der Waals surface area contributed by atoms with Crippen LogP contribution in [-0.4, -0.2) is 44.9 Å². The van der Waals surface area contributed by atoms with Crippen LogP contribution >= 0.6 is 18.8 Å². The first-order chi connectivity index (χ1) is 14.2. The molecular formula is C21H33N2O5PS2. The lowest BCUT2D eigenvalue weighted by atomic mass is 10.0. The topological polar surface area (TPSA) is 60.5 Å². The summed E-state index contributed by atoms with van der Waals surface area (Å²) in [4.78, 5) is 12.9. The summed E-state index contributed by atoms with van der Waals surface area (Å²) in [5, 5.41) is 0. The number of hydrogen-bond donors (Lipinski definition) is 0. The SMILES string of the molecule is CC1CC(C)(C)OP(=S)(N(SN(C)C(=O)Oc2cccc3c2OC(C)(C)C3)C(C)C)O1. The number of fused-ring (bicyclic) bond motifs is 1. The maximum Gasteiger partial charge on any atom is 0.426 e. The summed E-state index contributed by atoms with van der Waals surface area (Å²) >= 11 is 7.04. The van der Waals surface area contributed by atoms with Crippen LogP contribution in [0.2, 0.25) is 0 Å². The van der Waals surface area contributed by atoms with E-state index in [9.17, 15) is 4.79 Å². The average molecular weight is 489 g/mol. The lowest BCUT2D eigenvalue weighted by Crippen LogP contribution is -2.40. The number of ether oxygens (including phenoxy) is 2. The molecule has 1 aromatic rings. The Labute approximate surface area is 195 Å². The number of benzene rings is 1. The Morgan fingerprint density at radius 2 is 1.97 bits per heavy atom. The summed E-state index contributed by atoms with van der Waals surface area (Å²) in [7, 11) is 1.65. The molecule has 31 heavy (non-hydrogen) atoms. The number of hydrogen-bond acceptors (Lipinski definition) is 7. The van der Waals surface area contributed by atoms with Gasteiger partial charge in [-0.2, -0.15) is 4.08 Å². The zero-order valence-corrected chi connectivity index (χ0v) is 22.0. The highest BCUT2D eigenvalue weighted by molar-refractivity contribution is 8.15. The van der Waals surface area contributed by atoms with Crippen LogP contribution in [0.5, 0.6) is 11.5 Å². The highest BCUT2D eigenvalue weighted by Crippen LogP contribution is 2.63. The maximum absolute atomic E-state index is 12.9. The van der Waals surface area contributed by atoms with Gasteiger partial charge in [0.05, 0.1) is 23.8 Å². The van der Waals surface area contributed by atoms with Gasteiger partial charge in [-0.05, 0) is 66.3 Å². The predicted molar refractivity (Wildman–Crippen MR) is 128 cm³/mol.